The topological polar surface area (TPSA) is 80.5 Å². The Morgan fingerprint density at radius 2 is 1.84 bits per heavy atom. The van der Waals surface area contributed by atoms with Crippen LogP contribution in [0.1, 0.15) is 15.9 Å². The fourth-order valence-corrected chi connectivity index (χ4v) is 2.51. The third-order valence-corrected chi connectivity index (χ3v) is 3.80. The second-order valence-corrected chi connectivity index (χ2v) is 5.33. The summed E-state index contributed by atoms with van der Waals surface area (Å²) in [6.07, 6.45) is 1.73. The normalized spacial score (nSPS) is 13.4. The average Bonchev–Trinajstić information content (AvgIpc) is 2.63. The molecule has 2 aromatic rings. The molecule has 2 heterocycles. The van der Waals surface area contributed by atoms with E-state index in [9.17, 15) is 4.79 Å². The number of carbonyl (C=O) groups excluding carboxylic acids is 1. The SMILES string of the molecule is Cl.Cl.NCc1ccc(C(=O)Nc2cccnc2N2CCOCC2)cc1. The maximum absolute atomic E-state index is 12.4. The lowest BCUT2D eigenvalue weighted by molar-refractivity contribution is 0.102. The van der Waals surface area contributed by atoms with E-state index in [0.717, 1.165) is 24.5 Å². The Labute approximate surface area is 159 Å². The molecule has 1 aromatic heterocycles. The molecule has 1 saturated heterocycles. The number of halogens is 2. The van der Waals surface area contributed by atoms with E-state index in [1.165, 1.54) is 0 Å². The van der Waals surface area contributed by atoms with Gasteiger partial charge in [-0.2, -0.15) is 0 Å². The summed E-state index contributed by atoms with van der Waals surface area (Å²) in [5.74, 6) is 0.624. The van der Waals surface area contributed by atoms with E-state index >= 15 is 0 Å². The molecule has 8 heteroatoms. The first-order valence-corrected chi connectivity index (χ1v) is 7.66. The number of pyridine rings is 1. The van der Waals surface area contributed by atoms with Crippen molar-refractivity contribution in [2.24, 2.45) is 5.73 Å². The molecule has 0 radical (unpaired) electrons. The van der Waals surface area contributed by atoms with E-state index in [2.05, 4.69) is 15.2 Å². The number of hydrogen-bond donors (Lipinski definition) is 2. The molecule has 6 nitrogen and oxygen atoms in total. The van der Waals surface area contributed by atoms with Gasteiger partial charge < -0.3 is 20.7 Å². The van der Waals surface area contributed by atoms with Crippen LogP contribution >= 0.6 is 24.8 Å². The summed E-state index contributed by atoms with van der Waals surface area (Å²) in [7, 11) is 0. The summed E-state index contributed by atoms with van der Waals surface area (Å²) in [6, 6.07) is 11.0. The number of hydrogen-bond acceptors (Lipinski definition) is 5. The minimum Gasteiger partial charge on any atom is -0.378 e. The van der Waals surface area contributed by atoms with Gasteiger partial charge in [0.2, 0.25) is 0 Å². The van der Waals surface area contributed by atoms with Crippen molar-refractivity contribution in [3.05, 3.63) is 53.7 Å². The smallest absolute Gasteiger partial charge is 0.255 e. The standard InChI is InChI=1S/C17H20N4O2.2ClH/c18-12-13-3-5-14(6-4-13)17(22)20-15-2-1-7-19-16(15)21-8-10-23-11-9-21;;/h1-7H,8-12,18H2,(H,20,22);2*1H. The molecule has 3 rings (SSSR count). The zero-order valence-corrected chi connectivity index (χ0v) is 15.3. The van der Waals surface area contributed by atoms with Crippen LogP contribution in [-0.2, 0) is 11.3 Å². The summed E-state index contributed by atoms with van der Waals surface area (Å²) in [5.41, 5.74) is 7.88. The quantitative estimate of drug-likeness (QED) is 0.845. The van der Waals surface area contributed by atoms with Gasteiger partial charge in [-0.1, -0.05) is 12.1 Å². The van der Waals surface area contributed by atoms with E-state index in [4.69, 9.17) is 10.5 Å². The predicted molar refractivity (Wildman–Crippen MR) is 104 cm³/mol. The molecule has 0 atom stereocenters. The molecule has 1 aliphatic heterocycles. The van der Waals surface area contributed by atoms with Gasteiger partial charge in [0.25, 0.3) is 5.91 Å². The van der Waals surface area contributed by atoms with Crippen molar-refractivity contribution in [3.8, 4) is 0 Å². The second kappa shape index (κ2) is 10.2. The van der Waals surface area contributed by atoms with Gasteiger partial charge in [0.15, 0.2) is 5.82 Å². The van der Waals surface area contributed by atoms with Gasteiger partial charge in [0.1, 0.15) is 0 Å². The molecular weight excluding hydrogens is 363 g/mol. The number of amides is 1. The maximum Gasteiger partial charge on any atom is 0.255 e. The van der Waals surface area contributed by atoms with E-state index in [1.807, 2.05) is 24.3 Å². The largest absolute Gasteiger partial charge is 0.378 e. The maximum atomic E-state index is 12.4. The number of anilines is 2. The van der Waals surface area contributed by atoms with Crippen LogP contribution in [0.3, 0.4) is 0 Å². The lowest BCUT2D eigenvalue weighted by Crippen LogP contribution is -2.37. The van der Waals surface area contributed by atoms with Gasteiger partial charge in [-0.15, -0.1) is 24.8 Å². The molecule has 3 N–H and O–H groups in total. The summed E-state index contributed by atoms with van der Waals surface area (Å²) >= 11 is 0. The number of rotatable bonds is 4. The van der Waals surface area contributed by atoms with Gasteiger partial charge >= 0.3 is 0 Å². The highest BCUT2D eigenvalue weighted by molar-refractivity contribution is 6.05. The summed E-state index contributed by atoms with van der Waals surface area (Å²) < 4.78 is 5.37. The Bertz CT molecular complexity index is 677. The van der Waals surface area contributed by atoms with Gasteiger partial charge in [-0.25, -0.2) is 4.98 Å². The molecule has 0 unspecified atom stereocenters. The number of carbonyl (C=O) groups is 1. The number of nitrogens with one attached hydrogen (secondary N) is 1. The molecule has 25 heavy (non-hydrogen) atoms. The van der Waals surface area contributed by atoms with Crippen LogP contribution in [0.5, 0.6) is 0 Å². The summed E-state index contributed by atoms with van der Waals surface area (Å²) in [5, 5.41) is 2.95. The summed E-state index contributed by atoms with van der Waals surface area (Å²) in [6.45, 7) is 3.34. The predicted octanol–water partition coefficient (Wildman–Crippen LogP) is 2.47. The van der Waals surface area contributed by atoms with E-state index in [1.54, 1.807) is 18.3 Å². The van der Waals surface area contributed by atoms with Crippen LogP contribution in [-0.4, -0.2) is 37.2 Å². The van der Waals surface area contributed by atoms with Crippen molar-refractivity contribution < 1.29 is 9.53 Å². The van der Waals surface area contributed by atoms with E-state index in [-0.39, 0.29) is 30.7 Å². The van der Waals surface area contributed by atoms with Gasteiger partial charge in [0.05, 0.1) is 18.9 Å². The Hall–Kier alpha value is -1.86. The molecule has 1 aliphatic rings. The van der Waals surface area contributed by atoms with Crippen LogP contribution in [0.15, 0.2) is 42.6 Å². The lowest BCUT2D eigenvalue weighted by Gasteiger charge is -2.29. The van der Waals surface area contributed by atoms with Crippen molar-refractivity contribution in [1.29, 1.82) is 0 Å². The number of nitrogens with zero attached hydrogens (tertiary/aromatic N) is 2. The average molecular weight is 385 g/mol. The number of ether oxygens (including phenoxy) is 1. The highest BCUT2D eigenvalue weighted by Gasteiger charge is 2.17. The third-order valence-electron chi connectivity index (χ3n) is 3.80. The fourth-order valence-electron chi connectivity index (χ4n) is 2.51. The zero-order chi connectivity index (χ0) is 16.1. The van der Waals surface area contributed by atoms with Gasteiger partial charge in [0, 0.05) is 31.4 Å². The zero-order valence-electron chi connectivity index (χ0n) is 13.7. The number of aromatic nitrogens is 1. The van der Waals surface area contributed by atoms with Crippen LogP contribution in [0.4, 0.5) is 11.5 Å². The molecule has 136 valence electrons. The molecule has 0 saturated carbocycles. The van der Waals surface area contributed by atoms with Crippen molar-refractivity contribution in [3.63, 3.8) is 0 Å². The molecule has 1 amide bonds. The minimum atomic E-state index is -0.156. The highest BCUT2D eigenvalue weighted by Crippen LogP contribution is 2.24. The Balaban J connectivity index is 0.00000156. The van der Waals surface area contributed by atoms with Crippen molar-refractivity contribution in [1.82, 2.24) is 4.98 Å². The molecule has 1 fully saturated rings. The Kier molecular flexibility index (Phi) is 8.65. The molecule has 0 aliphatic carbocycles. The number of nitrogens with two attached hydrogens (primary N) is 1. The van der Waals surface area contributed by atoms with Gasteiger partial charge in [-0.3, -0.25) is 4.79 Å². The number of morpholine rings is 1. The Morgan fingerprint density at radius 3 is 2.48 bits per heavy atom. The summed E-state index contributed by atoms with van der Waals surface area (Å²) in [4.78, 5) is 19.0. The molecule has 0 bridgehead atoms. The minimum absolute atomic E-state index is 0. The van der Waals surface area contributed by atoms with Crippen LogP contribution < -0.4 is 16.0 Å². The van der Waals surface area contributed by atoms with Crippen LogP contribution in [0, 0.1) is 0 Å². The van der Waals surface area contributed by atoms with Crippen LogP contribution in [0.2, 0.25) is 0 Å². The van der Waals surface area contributed by atoms with Gasteiger partial charge in [-0.05, 0) is 29.8 Å². The molecular formula is C17H22Cl2N4O2. The molecule has 1 aromatic carbocycles. The highest BCUT2D eigenvalue weighted by atomic mass is 35.5. The van der Waals surface area contributed by atoms with Crippen LogP contribution in [0.25, 0.3) is 0 Å². The monoisotopic (exact) mass is 384 g/mol. The van der Waals surface area contributed by atoms with Crippen molar-refractivity contribution >= 4 is 42.2 Å². The van der Waals surface area contributed by atoms with E-state index < -0.39 is 0 Å². The third kappa shape index (κ3) is 5.31. The van der Waals surface area contributed by atoms with Crippen molar-refractivity contribution in [2.45, 2.75) is 6.54 Å². The Morgan fingerprint density at radius 1 is 1.16 bits per heavy atom. The molecule has 0 spiro atoms. The number of benzene rings is 1. The van der Waals surface area contributed by atoms with E-state index in [0.29, 0.717) is 31.0 Å². The first kappa shape index (κ1) is 21.2. The lowest BCUT2D eigenvalue weighted by atomic mass is 10.1. The first-order chi connectivity index (χ1) is 11.3. The van der Waals surface area contributed by atoms with Crippen molar-refractivity contribution in [2.75, 3.05) is 36.5 Å². The second-order valence-electron chi connectivity index (χ2n) is 5.33. The fraction of sp³-hybridized carbons (Fsp3) is 0.294. The first-order valence-electron chi connectivity index (χ1n) is 7.66.